The van der Waals surface area contributed by atoms with E-state index in [-0.39, 0.29) is 12.3 Å². The fourth-order valence-electron chi connectivity index (χ4n) is 4.97. The Morgan fingerprint density at radius 1 is 1.16 bits per heavy atom. The Balaban J connectivity index is 1.53. The molecule has 0 unspecified atom stereocenters. The van der Waals surface area contributed by atoms with Crippen LogP contribution in [0.5, 0.6) is 5.75 Å². The van der Waals surface area contributed by atoms with Crippen LogP contribution in [-0.4, -0.2) is 52.1 Å². The quantitative estimate of drug-likeness (QED) is 0.345. The largest absolute Gasteiger partial charge is 0.489 e. The van der Waals surface area contributed by atoms with Crippen LogP contribution < -0.4 is 4.74 Å². The zero-order valence-electron chi connectivity index (χ0n) is 22.4. The van der Waals surface area contributed by atoms with Gasteiger partial charge in [-0.25, -0.2) is 0 Å². The van der Waals surface area contributed by atoms with Crippen molar-refractivity contribution in [3.8, 4) is 5.75 Å². The molecule has 1 saturated heterocycles. The number of hydrogen-bond acceptors (Lipinski definition) is 5. The highest BCUT2D eigenvalue weighted by molar-refractivity contribution is 5.86. The summed E-state index contributed by atoms with van der Waals surface area (Å²) < 4.78 is 13.9. The molecule has 198 valence electrons. The van der Waals surface area contributed by atoms with E-state index in [2.05, 4.69) is 42.5 Å². The number of fused-ring (bicyclic) bond motifs is 1. The van der Waals surface area contributed by atoms with Crippen molar-refractivity contribution in [2.75, 3.05) is 26.3 Å². The minimum absolute atomic E-state index is 0.0708. The standard InChI is InChI=1S/C30H39N3O4/c1-5-6-24(17-29(34)35)23-7-10-26(11-8-23)37-20-25-9-12-27-28(19-32-13-15-36-16-14-32)31-33(18-21(2)3)30(27)22(25)4/h5-12,21,24H,13-20H2,1-4H3,(H,34,35)/t24-/m1/s1. The van der Waals surface area contributed by atoms with Crippen molar-refractivity contribution in [2.45, 2.75) is 59.7 Å². The number of hydrogen-bond donors (Lipinski definition) is 1. The molecular weight excluding hydrogens is 466 g/mol. The Morgan fingerprint density at radius 2 is 1.89 bits per heavy atom. The predicted octanol–water partition coefficient (Wildman–Crippen LogP) is 5.55. The fraction of sp³-hybridized carbons (Fsp3) is 0.467. The van der Waals surface area contributed by atoms with Gasteiger partial charge in [0.05, 0.1) is 30.8 Å². The first-order chi connectivity index (χ1) is 17.9. The maximum absolute atomic E-state index is 11.2. The van der Waals surface area contributed by atoms with Crippen molar-refractivity contribution in [1.29, 1.82) is 0 Å². The zero-order valence-corrected chi connectivity index (χ0v) is 22.4. The molecule has 2 heterocycles. The number of carboxylic acids is 1. The summed E-state index contributed by atoms with van der Waals surface area (Å²) in [4.78, 5) is 13.6. The number of allylic oxidation sites excluding steroid dienone is 2. The third-order valence-corrected chi connectivity index (χ3v) is 6.89. The lowest BCUT2D eigenvalue weighted by Crippen LogP contribution is -2.35. The van der Waals surface area contributed by atoms with Gasteiger partial charge >= 0.3 is 5.97 Å². The van der Waals surface area contributed by atoms with Crippen molar-refractivity contribution < 1.29 is 19.4 Å². The lowest BCUT2D eigenvalue weighted by atomic mass is 9.95. The molecule has 0 aliphatic carbocycles. The van der Waals surface area contributed by atoms with Gasteiger partial charge in [0.1, 0.15) is 12.4 Å². The van der Waals surface area contributed by atoms with Crippen LogP contribution in [-0.2, 0) is 29.2 Å². The summed E-state index contributed by atoms with van der Waals surface area (Å²) in [5, 5.41) is 15.5. The van der Waals surface area contributed by atoms with Crippen LogP contribution in [0.3, 0.4) is 0 Å². The Bertz CT molecular complexity index is 1220. The molecule has 2 aromatic carbocycles. The predicted molar refractivity (Wildman–Crippen MR) is 146 cm³/mol. The van der Waals surface area contributed by atoms with Crippen LogP contribution in [0.1, 0.15) is 55.5 Å². The molecule has 7 heteroatoms. The summed E-state index contributed by atoms with van der Waals surface area (Å²) in [6.45, 7) is 14.1. The number of aliphatic carboxylic acids is 1. The summed E-state index contributed by atoms with van der Waals surface area (Å²) >= 11 is 0. The highest BCUT2D eigenvalue weighted by atomic mass is 16.5. The number of carboxylic acid groups (broad SMARTS) is 1. The van der Waals surface area contributed by atoms with Crippen molar-refractivity contribution in [3.63, 3.8) is 0 Å². The van der Waals surface area contributed by atoms with Crippen LogP contribution in [0.15, 0.2) is 48.6 Å². The smallest absolute Gasteiger partial charge is 0.304 e. The molecule has 7 nitrogen and oxygen atoms in total. The van der Waals surface area contributed by atoms with Crippen LogP contribution in [0.25, 0.3) is 10.9 Å². The Hall–Kier alpha value is -3.16. The van der Waals surface area contributed by atoms with Gasteiger partial charge in [0.25, 0.3) is 0 Å². The number of carbonyl (C=O) groups is 1. The highest BCUT2D eigenvalue weighted by Gasteiger charge is 2.19. The monoisotopic (exact) mass is 505 g/mol. The Labute approximate surface area is 219 Å². The molecule has 0 bridgehead atoms. The Kier molecular flexibility index (Phi) is 9.00. The first-order valence-corrected chi connectivity index (χ1v) is 13.2. The molecule has 1 atom stereocenters. The second kappa shape index (κ2) is 12.4. The van der Waals surface area contributed by atoms with Crippen LogP contribution in [0.4, 0.5) is 0 Å². The summed E-state index contributed by atoms with van der Waals surface area (Å²) in [5.74, 6) is 0.305. The van der Waals surface area contributed by atoms with E-state index in [0.29, 0.717) is 12.5 Å². The number of aryl methyl sites for hydroxylation is 1. The first kappa shape index (κ1) is 26.9. The van der Waals surface area contributed by atoms with E-state index < -0.39 is 5.97 Å². The van der Waals surface area contributed by atoms with Crippen LogP contribution in [0, 0.1) is 12.8 Å². The number of rotatable bonds is 11. The van der Waals surface area contributed by atoms with Crippen molar-refractivity contribution in [1.82, 2.24) is 14.7 Å². The number of benzene rings is 2. The van der Waals surface area contributed by atoms with Gasteiger partial charge in [0.15, 0.2) is 0 Å². The molecule has 4 rings (SSSR count). The van der Waals surface area contributed by atoms with Gasteiger partial charge in [0.2, 0.25) is 0 Å². The zero-order chi connectivity index (χ0) is 26.4. The maximum Gasteiger partial charge on any atom is 0.304 e. The van der Waals surface area contributed by atoms with Gasteiger partial charge in [-0.3, -0.25) is 14.4 Å². The topological polar surface area (TPSA) is 76.8 Å². The van der Waals surface area contributed by atoms with Gasteiger partial charge < -0.3 is 14.6 Å². The lowest BCUT2D eigenvalue weighted by molar-refractivity contribution is -0.137. The molecule has 3 aromatic rings. The fourth-order valence-corrected chi connectivity index (χ4v) is 4.97. The normalized spacial score (nSPS) is 15.6. The van der Waals surface area contributed by atoms with E-state index in [9.17, 15) is 9.90 Å². The van der Waals surface area contributed by atoms with Gasteiger partial charge in [0, 0.05) is 37.5 Å². The number of nitrogens with zero attached hydrogens (tertiary/aromatic N) is 3. The van der Waals surface area contributed by atoms with E-state index in [0.717, 1.165) is 62.0 Å². The number of aromatic nitrogens is 2. The van der Waals surface area contributed by atoms with Crippen molar-refractivity contribution in [3.05, 3.63) is 70.9 Å². The average molecular weight is 506 g/mol. The molecule has 0 saturated carbocycles. The summed E-state index contributed by atoms with van der Waals surface area (Å²) in [5.41, 5.74) is 5.62. The molecule has 37 heavy (non-hydrogen) atoms. The van der Waals surface area contributed by atoms with Crippen molar-refractivity contribution >= 4 is 16.9 Å². The molecule has 0 spiro atoms. The summed E-state index contributed by atoms with van der Waals surface area (Å²) in [7, 11) is 0. The van der Waals surface area contributed by atoms with E-state index in [1.165, 1.54) is 16.5 Å². The molecule has 1 fully saturated rings. The molecule has 1 aromatic heterocycles. The Morgan fingerprint density at radius 3 is 2.54 bits per heavy atom. The molecular formula is C30H39N3O4. The van der Waals surface area contributed by atoms with Gasteiger partial charge in [-0.15, -0.1) is 0 Å². The summed E-state index contributed by atoms with van der Waals surface area (Å²) in [6.07, 6.45) is 3.89. The maximum atomic E-state index is 11.2. The van der Waals surface area contributed by atoms with Crippen molar-refractivity contribution in [2.24, 2.45) is 5.92 Å². The van der Waals surface area contributed by atoms with E-state index in [1.54, 1.807) is 0 Å². The lowest BCUT2D eigenvalue weighted by Gasteiger charge is -2.25. The third kappa shape index (κ3) is 6.79. The minimum atomic E-state index is -0.806. The third-order valence-electron chi connectivity index (χ3n) is 6.89. The molecule has 0 amide bonds. The van der Waals surface area contributed by atoms with E-state index in [4.69, 9.17) is 14.6 Å². The average Bonchev–Trinajstić information content (AvgIpc) is 3.21. The van der Waals surface area contributed by atoms with E-state index in [1.807, 2.05) is 43.3 Å². The van der Waals surface area contributed by atoms with Crippen LogP contribution in [0.2, 0.25) is 0 Å². The molecule has 1 N–H and O–H groups in total. The minimum Gasteiger partial charge on any atom is -0.489 e. The van der Waals surface area contributed by atoms with Crippen LogP contribution >= 0.6 is 0 Å². The van der Waals surface area contributed by atoms with Gasteiger partial charge in [-0.2, -0.15) is 5.10 Å². The van der Waals surface area contributed by atoms with Gasteiger partial charge in [-0.1, -0.05) is 50.3 Å². The first-order valence-electron chi connectivity index (χ1n) is 13.2. The van der Waals surface area contributed by atoms with Gasteiger partial charge in [-0.05, 0) is 48.6 Å². The number of ether oxygens (including phenoxy) is 2. The summed E-state index contributed by atoms with van der Waals surface area (Å²) in [6, 6.07) is 12.1. The highest BCUT2D eigenvalue weighted by Crippen LogP contribution is 2.29. The second-order valence-electron chi connectivity index (χ2n) is 10.2. The molecule has 1 aliphatic heterocycles. The molecule has 1 aliphatic rings. The number of morpholine rings is 1. The molecule has 0 radical (unpaired) electrons. The second-order valence-corrected chi connectivity index (χ2v) is 10.2. The SMILES string of the molecule is CC=C[C@H](CC(=O)O)c1ccc(OCc2ccc3c(CN4CCOCC4)nn(CC(C)C)c3c2C)cc1. The van der Waals surface area contributed by atoms with E-state index >= 15 is 0 Å².